The molecule has 0 spiro atoms. The summed E-state index contributed by atoms with van der Waals surface area (Å²) in [7, 11) is -2.53. The number of methoxy groups -OCH3 is 1. The number of hydrogen-bond acceptors (Lipinski definition) is 6. The standard InChI is InChI=1S/C31H35N3O6S/c1-31(2,3)32-29(36)26(20-22-11-6-5-7-12-22)33(21-23-13-10-14-24(19-23)40-4)28(35)17-18-34-30(37)25-15-8-9-16-27(25)41(34,38)39/h5-16,19,26H,17-18,20-21H2,1-4H3,(H,32,36). The topological polar surface area (TPSA) is 113 Å². The molecule has 41 heavy (non-hydrogen) atoms. The monoisotopic (exact) mass is 577 g/mol. The smallest absolute Gasteiger partial charge is 0.269 e. The Labute approximate surface area is 241 Å². The molecule has 0 fully saturated rings. The van der Waals surface area contributed by atoms with Gasteiger partial charge in [-0.3, -0.25) is 14.4 Å². The summed E-state index contributed by atoms with van der Waals surface area (Å²) in [6.07, 6.45) is -0.0537. The van der Waals surface area contributed by atoms with Gasteiger partial charge >= 0.3 is 0 Å². The van der Waals surface area contributed by atoms with Crippen molar-refractivity contribution in [1.29, 1.82) is 0 Å². The molecule has 1 unspecified atom stereocenters. The van der Waals surface area contributed by atoms with Gasteiger partial charge in [-0.15, -0.1) is 0 Å². The molecule has 1 aliphatic heterocycles. The fraction of sp³-hybridized carbons (Fsp3) is 0.323. The summed E-state index contributed by atoms with van der Waals surface area (Å²) in [6, 6.07) is 21.7. The Morgan fingerprint density at radius 3 is 2.27 bits per heavy atom. The summed E-state index contributed by atoms with van der Waals surface area (Å²) in [5.74, 6) is -0.870. The van der Waals surface area contributed by atoms with Gasteiger partial charge in [-0.25, -0.2) is 12.7 Å². The number of hydrogen-bond donors (Lipinski definition) is 1. The fourth-order valence-electron chi connectivity index (χ4n) is 4.77. The number of nitrogens with zero attached hydrogens (tertiary/aromatic N) is 2. The highest BCUT2D eigenvalue weighted by Gasteiger charge is 2.41. The molecule has 9 nitrogen and oxygen atoms in total. The minimum absolute atomic E-state index is 0.0720. The molecule has 0 saturated carbocycles. The van der Waals surface area contributed by atoms with Crippen LogP contribution in [-0.4, -0.2) is 60.6 Å². The third kappa shape index (κ3) is 6.94. The largest absolute Gasteiger partial charge is 0.497 e. The van der Waals surface area contributed by atoms with E-state index in [9.17, 15) is 22.8 Å². The number of sulfonamides is 1. The molecule has 0 aromatic heterocycles. The zero-order valence-electron chi connectivity index (χ0n) is 23.7. The Balaban J connectivity index is 1.66. The van der Waals surface area contributed by atoms with E-state index in [1.54, 1.807) is 37.4 Å². The predicted octanol–water partition coefficient (Wildman–Crippen LogP) is 3.78. The normalized spacial score (nSPS) is 14.7. The summed E-state index contributed by atoms with van der Waals surface area (Å²) in [5, 5.41) is 2.99. The van der Waals surface area contributed by atoms with Gasteiger partial charge in [0.2, 0.25) is 11.8 Å². The maximum atomic E-state index is 13.9. The third-order valence-corrected chi connectivity index (χ3v) is 8.54. The second kappa shape index (κ2) is 12.1. The summed E-state index contributed by atoms with van der Waals surface area (Å²) < 4.78 is 32.3. The molecule has 10 heteroatoms. The summed E-state index contributed by atoms with van der Waals surface area (Å²) in [4.78, 5) is 42.0. The SMILES string of the molecule is COc1cccc(CN(C(=O)CCN2C(=O)c3ccccc3S2(=O)=O)C(Cc2ccccc2)C(=O)NC(C)(C)C)c1. The molecule has 1 N–H and O–H groups in total. The lowest BCUT2D eigenvalue weighted by Crippen LogP contribution is -2.54. The van der Waals surface area contributed by atoms with Crippen LogP contribution in [-0.2, 0) is 32.6 Å². The average Bonchev–Trinajstić information content (AvgIpc) is 3.13. The van der Waals surface area contributed by atoms with Crippen molar-refractivity contribution in [3.63, 3.8) is 0 Å². The number of rotatable bonds is 10. The molecule has 0 bridgehead atoms. The Morgan fingerprint density at radius 2 is 1.61 bits per heavy atom. The highest BCUT2D eigenvalue weighted by molar-refractivity contribution is 7.90. The fourth-order valence-corrected chi connectivity index (χ4v) is 6.34. The molecule has 1 atom stereocenters. The number of amides is 3. The zero-order chi connectivity index (χ0) is 29.8. The van der Waals surface area contributed by atoms with E-state index in [1.807, 2.05) is 57.2 Å². The predicted molar refractivity (Wildman–Crippen MR) is 155 cm³/mol. The first-order valence-corrected chi connectivity index (χ1v) is 14.8. The van der Waals surface area contributed by atoms with Gasteiger partial charge in [-0.05, 0) is 56.2 Å². The van der Waals surface area contributed by atoms with Crippen LogP contribution in [0.15, 0.2) is 83.8 Å². The van der Waals surface area contributed by atoms with Gasteiger partial charge in [0.1, 0.15) is 16.7 Å². The van der Waals surface area contributed by atoms with Crippen LogP contribution in [0.1, 0.15) is 48.7 Å². The number of carbonyl (C=O) groups excluding carboxylic acids is 3. The van der Waals surface area contributed by atoms with Gasteiger partial charge in [-0.1, -0.05) is 54.6 Å². The third-order valence-electron chi connectivity index (χ3n) is 6.70. The zero-order valence-corrected chi connectivity index (χ0v) is 24.5. The Bertz CT molecular complexity index is 1530. The van der Waals surface area contributed by atoms with Gasteiger partial charge in [0.15, 0.2) is 0 Å². The molecule has 3 aromatic rings. The first-order chi connectivity index (χ1) is 19.4. The Hall–Kier alpha value is -4.18. The molecule has 3 amide bonds. The molecular weight excluding hydrogens is 542 g/mol. The number of carbonyl (C=O) groups is 3. The van der Waals surface area contributed by atoms with E-state index in [4.69, 9.17) is 4.74 Å². The van der Waals surface area contributed by atoms with Crippen LogP contribution in [0.5, 0.6) is 5.75 Å². The van der Waals surface area contributed by atoms with Crippen LogP contribution in [0, 0.1) is 0 Å². The van der Waals surface area contributed by atoms with Crippen molar-refractivity contribution in [3.8, 4) is 5.75 Å². The van der Waals surface area contributed by atoms with Crippen LogP contribution >= 0.6 is 0 Å². The molecule has 0 radical (unpaired) electrons. The van der Waals surface area contributed by atoms with E-state index in [2.05, 4.69) is 5.32 Å². The van der Waals surface area contributed by atoms with Crippen molar-refractivity contribution in [2.45, 2.75) is 56.6 Å². The first kappa shape index (κ1) is 29.8. The molecule has 3 aromatic carbocycles. The van der Waals surface area contributed by atoms with E-state index in [0.29, 0.717) is 5.75 Å². The number of benzene rings is 3. The molecular formula is C31H35N3O6S. The maximum absolute atomic E-state index is 13.9. The van der Waals surface area contributed by atoms with Crippen LogP contribution in [0.4, 0.5) is 0 Å². The number of ether oxygens (including phenoxy) is 1. The van der Waals surface area contributed by atoms with Crippen molar-refractivity contribution >= 4 is 27.7 Å². The average molecular weight is 578 g/mol. The lowest BCUT2D eigenvalue weighted by molar-refractivity contribution is -0.142. The maximum Gasteiger partial charge on any atom is 0.269 e. The van der Waals surface area contributed by atoms with Crippen molar-refractivity contribution in [1.82, 2.24) is 14.5 Å². The molecule has 0 saturated heterocycles. The first-order valence-electron chi connectivity index (χ1n) is 13.3. The summed E-state index contributed by atoms with van der Waals surface area (Å²) >= 11 is 0. The van der Waals surface area contributed by atoms with Crippen LogP contribution < -0.4 is 10.1 Å². The van der Waals surface area contributed by atoms with Gasteiger partial charge < -0.3 is 15.0 Å². The van der Waals surface area contributed by atoms with Crippen molar-refractivity contribution in [2.75, 3.05) is 13.7 Å². The second-order valence-corrected chi connectivity index (χ2v) is 12.8. The lowest BCUT2D eigenvalue weighted by atomic mass is 10.0. The number of nitrogens with one attached hydrogen (secondary N) is 1. The van der Waals surface area contributed by atoms with Gasteiger partial charge in [-0.2, -0.15) is 0 Å². The van der Waals surface area contributed by atoms with Gasteiger partial charge in [0, 0.05) is 31.5 Å². The second-order valence-electron chi connectivity index (χ2n) is 10.9. The van der Waals surface area contributed by atoms with E-state index in [1.165, 1.54) is 17.0 Å². The summed E-state index contributed by atoms with van der Waals surface area (Å²) in [6.45, 7) is 5.31. The van der Waals surface area contributed by atoms with Gasteiger partial charge in [0.05, 0.1) is 12.7 Å². The molecule has 1 heterocycles. The van der Waals surface area contributed by atoms with Crippen molar-refractivity contribution < 1.29 is 27.5 Å². The Kier molecular flexibility index (Phi) is 8.82. The van der Waals surface area contributed by atoms with Crippen LogP contribution in [0.2, 0.25) is 0 Å². The van der Waals surface area contributed by atoms with E-state index >= 15 is 0 Å². The highest BCUT2D eigenvalue weighted by Crippen LogP contribution is 2.30. The van der Waals surface area contributed by atoms with Crippen molar-refractivity contribution in [3.05, 3.63) is 95.6 Å². The Morgan fingerprint density at radius 1 is 0.951 bits per heavy atom. The van der Waals surface area contributed by atoms with Gasteiger partial charge in [0.25, 0.3) is 15.9 Å². The molecule has 4 rings (SSSR count). The van der Waals surface area contributed by atoms with Crippen molar-refractivity contribution in [2.24, 2.45) is 0 Å². The van der Waals surface area contributed by atoms with E-state index < -0.39 is 33.4 Å². The highest BCUT2D eigenvalue weighted by atomic mass is 32.2. The van der Waals surface area contributed by atoms with Crippen LogP contribution in [0.3, 0.4) is 0 Å². The minimum atomic E-state index is -4.08. The lowest BCUT2D eigenvalue weighted by Gasteiger charge is -2.34. The van der Waals surface area contributed by atoms with E-state index in [-0.39, 0.29) is 42.3 Å². The van der Waals surface area contributed by atoms with Crippen LogP contribution in [0.25, 0.3) is 0 Å². The molecule has 0 aliphatic carbocycles. The quantitative estimate of drug-likeness (QED) is 0.392. The molecule has 216 valence electrons. The number of fused-ring (bicyclic) bond motifs is 1. The summed E-state index contributed by atoms with van der Waals surface area (Å²) in [5.41, 5.74) is 1.12. The minimum Gasteiger partial charge on any atom is -0.497 e. The van der Waals surface area contributed by atoms with E-state index in [0.717, 1.165) is 15.4 Å². The molecule has 1 aliphatic rings.